The van der Waals surface area contributed by atoms with Gasteiger partial charge in [-0.1, -0.05) is 0 Å². The van der Waals surface area contributed by atoms with E-state index in [-0.39, 0.29) is 6.23 Å². The van der Waals surface area contributed by atoms with Crippen molar-refractivity contribution in [2.75, 3.05) is 19.6 Å². The maximum atomic E-state index is 9.61. The minimum absolute atomic E-state index is 0.0741. The molecule has 0 aromatic carbocycles. The van der Waals surface area contributed by atoms with Crippen molar-refractivity contribution in [1.29, 1.82) is 0 Å². The summed E-state index contributed by atoms with van der Waals surface area (Å²) in [6, 6.07) is 0. The van der Waals surface area contributed by atoms with Crippen molar-refractivity contribution in [1.82, 2.24) is 0 Å². The number of nitrogens with zero attached hydrogens (tertiary/aromatic N) is 1. The first-order valence-corrected chi connectivity index (χ1v) is 4.29. The molecule has 0 radical (unpaired) electrons. The van der Waals surface area contributed by atoms with Crippen LogP contribution in [0.4, 0.5) is 0 Å². The van der Waals surface area contributed by atoms with Gasteiger partial charge in [0.2, 0.25) is 0 Å². The highest BCUT2D eigenvalue weighted by Crippen LogP contribution is 2.23. The van der Waals surface area contributed by atoms with Gasteiger partial charge in [-0.2, -0.15) is 0 Å². The molecule has 60 valence electrons. The Bertz CT molecular complexity index is 110. The topological polar surface area (TPSA) is 20.2 Å². The number of hydrogen-bond donors (Lipinski definition) is 1. The second-order valence-corrected chi connectivity index (χ2v) is 3.20. The molecule has 0 aromatic heterocycles. The number of rotatable bonds is 2. The first-order valence-electron chi connectivity index (χ1n) is 4.29. The Morgan fingerprint density at radius 3 is 2.20 bits per heavy atom. The Morgan fingerprint density at radius 2 is 2.00 bits per heavy atom. The lowest BCUT2D eigenvalue weighted by Crippen LogP contribution is -2.51. The van der Waals surface area contributed by atoms with Crippen molar-refractivity contribution in [2.45, 2.75) is 32.9 Å². The molecule has 1 heterocycles. The Labute approximate surface area is 63.1 Å². The molecule has 1 aliphatic heterocycles. The van der Waals surface area contributed by atoms with Gasteiger partial charge in [0.15, 0.2) is 6.23 Å². The molecule has 0 spiro atoms. The van der Waals surface area contributed by atoms with Gasteiger partial charge in [0.05, 0.1) is 19.6 Å². The maximum Gasteiger partial charge on any atom is 0.190 e. The molecule has 1 aliphatic rings. The summed E-state index contributed by atoms with van der Waals surface area (Å²) < 4.78 is 0.931. The molecule has 2 heteroatoms. The summed E-state index contributed by atoms with van der Waals surface area (Å²) in [5, 5.41) is 9.61. The van der Waals surface area contributed by atoms with Crippen LogP contribution in [0.3, 0.4) is 0 Å². The Morgan fingerprint density at radius 1 is 1.40 bits per heavy atom. The van der Waals surface area contributed by atoms with Crippen molar-refractivity contribution in [3.05, 3.63) is 0 Å². The zero-order chi connectivity index (χ0) is 7.61. The summed E-state index contributed by atoms with van der Waals surface area (Å²) in [6.07, 6.45) is 2.12. The molecule has 10 heavy (non-hydrogen) atoms. The molecule has 1 atom stereocenters. The predicted molar refractivity (Wildman–Crippen MR) is 41.5 cm³/mol. The minimum atomic E-state index is -0.0741. The fourth-order valence-corrected chi connectivity index (χ4v) is 1.97. The number of aliphatic hydroxyl groups is 1. The number of likely N-dealkylation sites (tertiary alicyclic amines) is 1. The van der Waals surface area contributed by atoms with Crippen LogP contribution in [0.5, 0.6) is 0 Å². The maximum absolute atomic E-state index is 9.61. The van der Waals surface area contributed by atoms with E-state index in [1.807, 2.05) is 0 Å². The van der Waals surface area contributed by atoms with Crippen LogP contribution in [-0.2, 0) is 0 Å². The van der Waals surface area contributed by atoms with E-state index in [0.717, 1.165) is 24.0 Å². The number of quaternary nitrogens is 1. The molecule has 0 amide bonds. The van der Waals surface area contributed by atoms with Crippen molar-refractivity contribution in [3.8, 4) is 0 Å². The standard InChI is InChI=1S/C8H18NO/c1-3-9(4-2)7-5-6-8(9)10/h8,10H,3-7H2,1-2H3/q+1. The molecular formula is C8H18NO+. The van der Waals surface area contributed by atoms with Gasteiger partial charge in [0.25, 0.3) is 0 Å². The fraction of sp³-hybridized carbons (Fsp3) is 1.00. The van der Waals surface area contributed by atoms with Gasteiger partial charge in [-0.05, 0) is 13.8 Å². The summed E-state index contributed by atoms with van der Waals surface area (Å²) in [5.41, 5.74) is 0. The summed E-state index contributed by atoms with van der Waals surface area (Å²) in [5.74, 6) is 0. The molecule has 0 saturated carbocycles. The van der Waals surface area contributed by atoms with Gasteiger partial charge in [-0.3, -0.25) is 4.48 Å². The van der Waals surface area contributed by atoms with Crippen molar-refractivity contribution < 1.29 is 9.59 Å². The number of hydrogen-bond acceptors (Lipinski definition) is 1. The molecule has 1 rings (SSSR count). The smallest absolute Gasteiger partial charge is 0.190 e. The predicted octanol–water partition coefficient (Wildman–Crippen LogP) is 0.955. The van der Waals surface area contributed by atoms with Crippen LogP contribution in [-0.4, -0.2) is 35.5 Å². The SMILES string of the molecule is CC[N+]1(CC)CCCC1O. The molecule has 2 nitrogen and oxygen atoms in total. The van der Waals surface area contributed by atoms with Crippen molar-refractivity contribution >= 4 is 0 Å². The van der Waals surface area contributed by atoms with Gasteiger partial charge in [-0.15, -0.1) is 0 Å². The normalized spacial score (nSPS) is 30.9. The largest absolute Gasteiger partial charge is 0.345 e. The van der Waals surface area contributed by atoms with Crippen LogP contribution in [0.25, 0.3) is 0 Å². The van der Waals surface area contributed by atoms with Crippen LogP contribution in [0.1, 0.15) is 26.7 Å². The van der Waals surface area contributed by atoms with Gasteiger partial charge in [0.1, 0.15) is 0 Å². The van der Waals surface area contributed by atoms with E-state index in [9.17, 15) is 5.11 Å². The second-order valence-electron chi connectivity index (χ2n) is 3.20. The van der Waals surface area contributed by atoms with Crippen LogP contribution in [0.15, 0.2) is 0 Å². The van der Waals surface area contributed by atoms with Gasteiger partial charge >= 0.3 is 0 Å². The number of aliphatic hydroxyl groups excluding tert-OH is 1. The third-order valence-electron chi connectivity index (χ3n) is 2.96. The molecule has 1 saturated heterocycles. The molecule has 1 N–H and O–H groups in total. The summed E-state index contributed by atoms with van der Waals surface area (Å²) in [4.78, 5) is 0. The van der Waals surface area contributed by atoms with Crippen molar-refractivity contribution in [3.63, 3.8) is 0 Å². The van der Waals surface area contributed by atoms with E-state index in [2.05, 4.69) is 13.8 Å². The van der Waals surface area contributed by atoms with Crippen LogP contribution >= 0.6 is 0 Å². The molecule has 0 aromatic rings. The molecule has 0 bridgehead atoms. The third kappa shape index (κ3) is 1.06. The zero-order valence-electron chi connectivity index (χ0n) is 7.01. The monoisotopic (exact) mass is 144 g/mol. The highest BCUT2D eigenvalue weighted by atomic mass is 16.3. The first-order chi connectivity index (χ1) is 4.75. The molecule has 1 unspecified atom stereocenters. The van der Waals surface area contributed by atoms with Crippen LogP contribution in [0.2, 0.25) is 0 Å². The average Bonchev–Trinajstić information content (AvgIpc) is 2.32. The van der Waals surface area contributed by atoms with Gasteiger partial charge in [-0.25, -0.2) is 0 Å². The first kappa shape index (κ1) is 8.02. The Kier molecular flexibility index (Phi) is 2.32. The zero-order valence-corrected chi connectivity index (χ0v) is 7.01. The molecule has 1 fully saturated rings. The van der Waals surface area contributed by atoms with Gasteiger partial charge < -0.3 is 5.11 Å². The van der Waals surface area contributed by atoms with Crippen molar-refractivity contribution in [2.24, 2.45) is 0 Å². The van der Waals surface area contributed by atoms with E-state index < -0.39 is 0 Å². The summed E-state index contributed by atoms with van der Waals surface area (Å²) in [7, 11) is 0. The average molecular weight is 144 g/mol. The molecular weight excluding hydrogens is 126 g/mol. The Balaban J connectivity index is 2.61. The van der Waals surface area contributed by atoms with E-state index in [1.165, 1.54) is 13.0 Å². The minimum Gasteiger partial charge on any atom is -0.345 e. The fourth-order valence-electron chi connectivity index (χ4n) is 1.97. The lowest BCUT2D eigenvalue weighted by molar-refractivity contribution is -0.955. The second kappa shape index (κ2) is 2.89. The lowest BCUT2D eigenvalue weighted by Gasteiger charge is -2.35. The van der Waals surface area contributed by atoms with E-state index in [4.69, 9.17) is 0 Å². The van der Waals surface area contributed by atoms with E-state index in [1.54, 1.807) is 0 Å². The van der Waals surface area contributed by atoms with Crippen LogP contribution < -0.4 is 0 Å². The summed E-state index contributed by atoms with van der Waals surface area (Å²) in [6.45, 7) is 7.67. The van der Waals surface area contributed by atoms with E-state index >= 15 is 0 Å². The quantitative estimate of drug-likeness (QED) is 0.572. The lowest BCUT2D eigenvalue weighted by atomic mass is 10.3. The molecule has 0 aliphatic carbocycles. The van der Waals surface area contributed by atoms with Crippen LogP contribution in [0, 0.1) is 0 Å². The Hall–Kier alpha value is -0.0800. The highest BCUT2D eigenvalue weighted by Gasteiger charge is 2.37. The highest BCUT2D eigenvalue weighted by molar-refractivity contribution is 4.56. The van der Waals surface area contributed by atoms with E-state index in [0.29, 0.717) is 0 Å². The third-order valence-corrected chi connectivity index (χ3v) is 2.96. The van der Waals surface area contributed by atoms with Gasteiger partial charge in [0, 0.05) is 12.8 Å². The summed E-state index contributed by atoms with van der Waals surface area (Å²) >= 11 is 0.